The van der Waals surface area contributed by atoms with Gasteiger partial charge in [0, 0.05) is 12.0 Å². The molecule has 0 N–H and O–H groups in total. The summed E-state index contributed by atoms with van der Waals surface area (Å²) in [6.07, 6.45) is 0.545. The smallest absolute Gasteiger partial charge is 0.163 e. The van der Waals surface area contributed by atoms with Crippen molar-refractivity contribution < 1.29 is 4.79 Å². The van der Waals surface area contributed by atoms with Crippen LogP contribution in [-0.4, -0.2) is 5.78 Å². The van der Waals surface area contributed by atoms with Gasteiger partial charge in [0.25, 0.3) is 0 Å². The molecule has 0 aromatic heterocycles. The van der Waals surface area contributed by atoms with Gasteiger partial charge in [0.1, 0.15) is 0 Å². The first-order valence-corrected chi connectivity index (χ1v) is 5.91. The normalized spacial score (nSPS) is 10.2. The predicted molar refractivity (Wildman–Crippen MR) is 71.2 cm³/mol. The SMILES string of the molecule is CCC(=O)c1ccccc1-c1ccc(C)cc1. The molecule has 0 unspecified atom stereocenters. The molecule has 0 fully saturated rings. The molecular weight excluding hydrogens is 208 g/mol. The first-order chi connectivity index (χ1) is 8.22. The van der Waals surface area contributed by atoms with Crippen LogP contribution >= 0.6 is 0 Å². The van der Waals surface area contributed by atoms with Gasteiger partial charge in [0.15, 0.2) is 5.78 Å². The van der Waals surface area contributed by atoms with Crippen LogP contribution in [0.4, 0.5) is 0 Å². The van der Waals surface area contributed by atoms with Crippen molar-refractivity contribution in [3.8, 4) is 11.1 Å². The zero-order valence-electron chi connectivity index (χ0n) is 10.2. The van der Waals surface area contributed by atoms with Crippen LogP contribution in [0.5, 0.6) is 0 Å². The summed E-state index contributed by atoms with van der Waals surface area (Å²) < 4.78 is 0. The third kappa shape index (κ3) is 2.44. The van der Waals surface area contributed by atoms with Crippen molar-refractivity contribution in [2.45, 2.75) is 20.3 Å². The molecule has 0 radical (unpaired) electrons. The number of hydrogen-bond acceptors (Lipinski definition) is 1. The molecule has 0 spiro atoms. The van der Waals surface area contributed by atoms with E-state index in [0.29, 0.717) is 6.42 Å². The molecule has 0 heterocycles. The Morgan fingerprint density at radius 1 is 1.00 bits per heavy atom. The number of benzene rings is 2. The zero-order chi connectivity index (χ0) is 12.3. The van der Waals surface area contributed by atoms with Gasteiger partial charge in [-0.15, -0.1) is 0 Å². The Morgan fingerprint density at radius 2 is 1.65 bits per heavy atom. The molecule has 0 saturated heterocycles. The molecule has 0 aliphatic heterocycles. The zero-order valence-corrected chi connectivity index (χ0v) is 10.2. The van der Waals surface area contributed by atoms with Gasteiger partial charge in [-0.1, -0.05) is 61.0 Å². The van der Waals surface area contributed by atoms with Gasteiger partial charge in [-0.2, -0.15) is 0 Å². The molecule has 0 amide bonds. The number of carbonyl (C=O) groups excluding carboxylic acids is 1. The fraction of sp³-hybridized carbons (Fsp3) is 0.188. The third-order valence-electron chi connectivity index (χ3n) is 2.91. The molecular formula is C16H16O. The van der Waals surface area contributed by atoms with E-state index in [0.717, 1.165) is 16.7 Å². The van der Waals surface area contributed by atoms with Gasteiger partial charge in [-0.3, -0.25) is 4.79 Å². The lowest BCUT2D eigenvalue weighted by atomic mass is 9.96. The molecule has 0 saturated carbocycles. The van der Waals surface area contributed by atoms with E-state index in [1.165, 1.54) is 5.56 Å². The maximum Gasteiger partial charge on any atom is 0.163 e. The lowest BCUT2D eigenvalue weighted by molar-refractivity contribution is 0.0989. The van der Waals surface area contributed by atoms with E-state index < -0.39 is 0 Å². The Labute approximate surface area is 102 Å². The minimum atomic E-state index is 0.196. The van der Waals surface area contributed by atoms with Gasteiger partial charge >= 0.3 is 0 Å². The minimum Gasteiger partial charge on any atom is -0.294 e. The second kappa shape index (κ2) is 4.96. The first-order valence-electron chi connectivity index (χ1n) is 5.91. The highest BCUT2D eigenvalue weighted by Gasteiger charge is 2.09. The summed E-state index contributed by atoms with van der Waals surface area (Å²) in [5.41, 5.74) is 4.18. The highest BCUT2D eigenvalue weighted by Crippen LogP contribution is 2.24. The summed E-state index contributed by atoms with van der Waals surface area (Å²) in [6, 6.07) is 16.1. The summed E-state index contributed by atoms with van der Waals surface area (Å²) in [6.45, 7) is 3.96. The van der Waals surface area contributed by atoms with E-state index in [2.05, 4.69) is 31.2 Å². The minimum absolute atomic E-state index is 0.196. The molecule has 1 heteroatoms. The first kappa shape index (κ1) is 11.6. The summed E-state index contributed by atoms with van der Waals surface area (Å²) in [7, 11) is 0. The Hall–Kier alpha value is -1.89. The molecule has 1 nitrogen and oxygen atoms in total. The quantitative estimate of drug-likeness (QED) is 0.712. The number of rotatable bonds is 3. The Bertz CT molecular complexity index is 523. The van der Waals surface area contributed by atoms with E-state index in [1.54, 1.807) is 0 Å². The molecule has 86 valence electrons. The van der Waals surface area contributed by atoms with Crippen LogP contribution in [-0.2, 0) is 0 Å². The van der Waals surface area contributed by atoms with Crippen molar-refractivity contribution in [3.63, 3.8) is 0 Å². The van der Waals surface area contributed by atoms with Gasteiger partial charge in [0.05, 0.1) is 0 Å². The lowest BCUT2D eigenvalue weighted by Gasteiger charge is -2.08. The largest absolute Gasteiger partial charge is 0.294 e. The summed E-state index contributed by atoms with van der Waals surface area (Å²) in [5.74, 6) is 0.196. The average molecular weight is 224 g/mol. The number of Topliss-reactive ketones (excluding diaryl/α,β-unsaturated/α-hetero) is 1. The Morgan fingerprint density at radius 3 is 2.29 bits per heavy atom. The van der Waals surface area contributed by atoms with Crippen LogP contribution in [0.25, 0.3) is 11.1 Å². The second-order valence-corrected chi connectivity index (χ2v) is 4.19. The summed E-state index contributed by atoms with van der Waals surface area (Å²) >= 11 is 0. The van der Waals surface area contributed by atoms with Crippen LogP contribution in [0.3, 0.4) is 0 Å². The Balaban J connectivity index is 2.51. The average Bonchev–Trinajstić information content (AvgIpc) is 2.39. The monoisotopic (exact) mass is 224 g/mol. The van der Waals surface area contributed by atoms with Crippen molar-refractivity contribution in [2.24, 2.45) is 0 Å². The van der Waals surface area contributed by atoms with E-state index in [9.17, 15) is 4.79 Å². The molecule has 2 aromatic carbocycles. The van der Waals surface area contributed by atoms with Gasteiger partial charge in [0.2, 0.25) is 0 Å². The van der Waals surface area contributed by atoms with Crippen molar-refractivity contribution >= 4 is 5.78 Å². The summed E-state index contributed by atoms with van der Waals surface area (Å²) in [5, 5.41) is 0. The standard InChI is InChI=1S/C16H16O/c1-3-16(17)15-7-5-4-6-14(15)13-10-8-12(2)9-11-13/h4-11H,3H2,1-2H3. The van der Waals surface area contributed by atoms with Crippen molar-refractivity contribution in [1.29, 1.82) is 0 Å². The second-order valence-electron chi connectivity index (χ2n) is 4.19. The van der Waals surface area contributed by atoms with E-state index in [1.807, 2.05) is 31.2 Å². The van der Waals surface area contributed by atoms with Crippen molar-refractivity contribution in [3.05, 3.63) is 59.7 Å². The molecule has 0 aliphatic rings. The molecule has 17 heavy (non-hydrogen) atoms. The number of ketones is 1. The van der Waals surface area contributed by atoms with Crippen molar-refractivity contribution in [2.75, 3.05) is 0 Å². The fourth-order valence-corrected chi connectivity index (χ4v) is 1.90. The number of aryl methyl sites for hydroxylation is 1. The Kier molecular flexibility index (Phi) is 3.38. The van der Waals surface area contributed by atoms with Crippen LogP contribution < -0.4 is 0 Å². The highest BCUT2D eigenvalue weighted by atomic mass is 16.1. The highest BCUT2D eigenvalue weighted by molar-refractivity contribution is 6.02. The number of carbonyl (C=O) groups is 1. The molecule has 2 rings (SSSR count). The van der Waals surface area contributed by atoms with Crippen LogP contribution in [0.1, 0.15) is 29.3 Å². The lowest BCUT2D eigenvalue weighted by Crippen LogP contribution is -1.99. The van der Waals surface area contributed by atoms with Crippen molar-refractivity contribution in [1.82, 2.24) is 0 Å². The molecule has 0 aliphatic carbocycles. The van der Waals surface area contributed by atoms with Crippen LogP contribution in [0, 0.1) is 6.92 Å². The van der Waals surface area contributed by atoms with Crippen LogP contribution in [0.2, 0.25) is 0 Å². The molecule has 0 atom stereocenters. The van der Waals surface area contributed by atoms with Gasteiger partial charge < -0.3 is 0 Å². The van der Waals surface area contributed by atoms with E-state index in [4.69, 9.17) is 0 Å². The maximum absolute atomic E-state index is 11.9. The van der Waals surface area contributed by atoms with E-state index in [-0.39, 0.29) is 5.78 Å². The summed E-state index contributed by atoms with van der Waals surface area (Å²) in [4.78, 5) is 11.9. The topological polar surface area (TPSA) is 17.1 Å². The number of hydrogen-bond donors (Lipinski definition) is 0. The molecule has 2 aromatic rings. The maximum atomic E-state index is 11.9. The van der Waals surface area contributed by atoms with Crippen LogP contribution in [0.15, 0.2) is 48.5 Å². The molecule has 0 bridgehead atoms. The van der Waals surface area contributed by atoms with Gasteiger partial charge in [-0.05, 0) is 18.1 Å². The fourth-order valence-electron chi connectivity index (χ4n) is 1.90. The van der Waals surface area contributed by atoms with E-state index >= 15 is 0 Å². The third-order valence-corrected chi connectivity index (χ3v) is 2.91. The van der Waals surface area contributed by atoms with Gasteiger partial charge in [-0.25, -0.2) is 0 Å². The predicted octanol–water partition coefficient (Wildman–Crippen LogP) is 4.25.